The van der Waals surface area contributed by atoms with E-state index in [1.165, 1.54) is 25.7 Å². The number of rotatable bonds is 6. The summed E-state index contributed by atoms with van der Waals surface area (Å²) >= 11 is 0. The van der Waals surface area contributed by atoms with Gasteiger partial charge in [0.15, 0.2) is 0 Å². The lowest BCUT2D eigenvalue weighted by molar-refractivity contribution is 0.248. The van der Waals surface area contributed by atoms with E-state index in [0.29, 0.717) is 12.0 Å². The number of hydrogen-bond acceptors (Lipinski definition) is 5. The molecule has 2 atom stereocenters. The second-order valence-corrected chi connectivity index (χ2v) is 5.30. The topological polar surface area (TPSA) is 54.2 Å². The van der Waals surface area contributed by atoms with Gasteiger partial charge < -0.3 is 14.7 Å². The van der Waals surface area contributed by atoms with Gasteiger partial charge >= 0.3 is 0 Å². The van der Waals surface area contributed by atoms with Crippen molar-refractivity contribution in [3.63, 3.8) is 0 Å². The van der Waals surface area contributed by atoms with Gasteiger partial charge in [-0.1, -0.05) is 12.8 Å². The molecule has 5 heteroatoms. The van der Waals surface area contributed by atoms with Crippen molar-refractivity contribution < 1.29 is 4.52 Å². The van der Waals surface area contributed by atoms with E-state index >= 15 is 0 Å². The molecule has 5 nitrogen and oxygen atoms in total. The summed E-state index contributed by atoms with van der Waals surface area (Å²) in [6, 6.07) is 0.595. The Morgan fingerprint density at radius 1 is 1.26 bits per heavy atom. The Labute approximate surface area is 115 Å². The Kier molecular flexibility index (Phi) is 5.19. The van der Waals surface area contributed by atoms with Crippen molar-refractivity contribution in [1.29, 1.82) is 0 Å². The highest BCUT2D eigenvalue weighted by atomic mass is 16.5. The SMILES string of the molecule is CCN(CC)c1noc(CC2CCCCC2NC)n1. The zero-order chi connectivity index (χ0) is 13.7. The molecular formula is C14H26N4O. The van der Waals surface area contributed by atoms with Crippen LogP contribution in [0.4, 0.5) is 5.95 Å². The molecule has 1 aliphatic rings. The third-order valence-corrected chi connectivity index (χ3v) is 4.22. The third-order valence-electron chi connectivity index (χ3n) is 4.22. The van der Waals surface area contributed by atoms with E-state index in [1.54, 1.807) is 0 Å². The first kappa shape index (κ1) is 14.3. The molecule has 0 radical (unpaired) electrons. The van der Waals surface area contributed by atoms with Crippen LogP contribution in [0.2, 0.25) is 0 Å². The fraction of sp³-hybridized carbons (Fsp3) is 0.857. The molecule has 0 saturated heterocycles. The van der Waals surface area contributed by atoms with E-state index < -0.39 is 0 Å². The van der Waals surface area contributed by atoms with Crippen LogP contribution in [0, 0.1) is 5.92 Å². The van der Waals surface area contributed by atoms with E-state index in [1.807, 2.05) is 0 Å². The molecule has 1 aromatic rings. The highest BCUT2D eigenvalue weighted by molar-refractivity contribution is 5.26. The van der Waals surface area contributed by atoms with Crippen molar-refractivity contribution in [2.75, 3.05) is 25.0 Å². The van der Waals surface area contributed by atoms with Gasteiger partial charge in [-0.3, -0.25) is 0 Å². The maximum absolute atomic E-state index is 5.41. The molecule has 0 amide bonds. The monoisotopic (exact) mass is 266 g/mol. The maximum Gasteiger partial charge on any atom is 0.266 e. The van der Waals surface area contributed by atoms with Crippen LogP contribution in [0.3, 0.4) is 0 Å². The van der Waals surface area contributed by atoms with Gasteiger partial charge in [-0.15, -0.1) is 0 Å². The van der Waals surface area contributed by atoms with Crippen molar-refractivity contribution in [3.8, 4) is 0 Å². The van der Waals surface area contributed by atoms with Crippen molar-refractivity contribution in [1.82, 2.24) is 15.5 Å². The van der Waals surface area contributed by atoms with Crippen molar-refractivity contribution in [2.45, 2.75) is 52.0 Å². The molecule has 0 aromatic carbocycles. The molecule has 108 valence electrons. The Balaban J connectivity index is 1.98. The summed E-state index contributed by atoms with van der Waals surface area (Å²) in [6.45, 7) is 6.05. The third kappa shape index (κ3) is 3.47. The summed E-state index contributed by atoms with van der Waals surface area (Å²) in [4.78, 5) is 6.65. The van der Waals surface area contributed by atoms with Crippen LogP contribution in [-0.4, -0.2) is 36.3 Å². The van der Waals surface area contributed by atoms with Crippen LogP contribution in [0.5, 0.6) is 0 Å². The molecule has 1 saturated carbocycles. The second-order valence-electron chi connectivity index (χ2n) is 5.30. The Bertz CT molecular complexity index is 375. The standard InChI is InChI=1S/C14H26N4O/c1-4-18(5-2)14-16-13(19-17-14)10-11-8-6-7-9-12(11)15-3/h11-12,15H,4-10H2,1-3H3. The first-order valence-corrected chi connectivity index (χ1v) is 7.53. The fourth-order valence-corrected chi connectivity index (χ4v) is 3.02. The van der Waals surface area contributed by atoms with Crippen LogP contribution >= 0.6 is 0 Å². The minimum Gasteiger partial charge on any atom is -0.339 e. The summed E-state index contributed by atoms with van der Waals surface area (Å²) in [5.74, 6) is 2.15. The number of anilines is 1. The van der Waals surface area contributed by atoms with Gasteiger partial charge in [0.25, 0.3) is 5.95 Å². The van der Waals surface area contributed by atoms with Gasteiger partial charge in [-0.2, -0.15) is 4.98 Å². The average molecular weight is 266 g/mol. The number of nitrogens with one attached hydrogen (secondary N) is 1. The molecule has 0 spiro atoms. The first-order chi connectivity index (χ1) is 9.28. The van der Waals surface area contributed by atoms with Crippen LogP contribution in [0.1, 0.15) is 45.4 Å². The molecule has 1 heterocycles. The van der Waals surface area contributed by atoms with Gasteiger partial charge in [0.1, 0.15) is 0 Å². The van der Waals surface area contributed by atoms with Crippen LogP contribution in [0.25, 0.3) is 0 Å². The summed E-state index contributed by atoms with van der Waals surface area (Å²) in [6.07, 6.45) is 6.07. The Morgan fingerprint density at radius 3 is 2.68 bits per heavy atom. The normalized spacial score (nSPS) is 23.5. The quantitative estimate of drug-likeness (QED) is 0.855. The summed E-state index contributed by atoms with van der Waals surface area (Å²) < 4.78 is 5.41. The van der Waals surface area contributed by atoms with Gasteiger partial charge in [0.2, 0.25) is 5.89 Å². The maximum atomic E-state index is 5.41. The largest absolute Gasteiger partial charge is 0.339 e. The van der Waals surface area contributed by atoms with Crippen molar-refractivity contribution >= 4 is 5.95 Å². The number of hydrogen-bond donors (Lipinski definition) is 1. The molecule has 2 unspecified atom stereocenters. The minimum absolute atomic E-state index is 0.595. The highest BCUT2D eigenvalue weighted by Crippen LogP contribution is 2.27. The Morgan fingerprint density at radius 2 is 2.00 bits per heavy atom. The second kappa shape index (κ2) is 6.89. The van der Waals surface area contributed by atoms with Crippen LogP contribution in [0.15, 0.2) is 4.52 Å². The van der Waals surface area contributed by atoms with Crippen molar-refractivity contribution in [3.05, 3.63) is 5.89 Å². The first-order valence-electron chi connectivity index (χ1n) is 7.53. The number of nitrogens with zero attached hydrogens (tertiary/aromatic N) is 3. The van der Waals surface area contributed by atoms with Gasteiger partial charge in [0.05, 0.1) is 0 Å². The summed E-state index contributed by atoms with van der Waals surface area (Å²) in [5, 5.41) is 7.52. The van der Waals surface area contributed by atoms with E-state index in [9.17, 15) is 0 Å². The van der Waals surface area contributed by atoms with E-state index in [-0.39, 0.29) is 0 Å². The molecule has 0 bridgehead atoms. The van der Waals surface area contributed by atoms with Crippen LogP contribution in [-0.2, 0) is 6.42 Å². The molecule has 1 aliphatic carbocycles. The minimum atomic E-state index is 0.595. The Hall–Kier alpha value is -1.10. The summed E-state index contributed by atoms with van der Waals surface area (Å²) in [7, 11) is 2.05. The molecular weight excluding hydrogens is 240 g/mol. The fourth-order valence-electron chi connectivity index (χ4n) is 3.02. The van der Waals surface area contributed by atoms with Gasteiger partial charge in [-0.25, -0.2) is 0 Å². The van der Waals surface area contributed by atoms with Gasteiger partial charge in [-0.05, 0) is 44.8 Å². The molecule has 2 rings (SSSR count). The zero-order valence-corrected chi connectivity index (χ0v) is 12.4. The number of aromatic nitrogens is 2. The lowest BCUT2D eigenvalue weighted by atomic mass is 9.82. The molecule has 1 N–H and O–H groups in total. The highest BCUT2D eigenvalue weighted by Gasteiger charge is 2.26. The van der Waals surface area contributed by atoms with E-state index in [2.05, 4.69) is 41.3 Å². The average Bonchev–Trinajstić information content (AvgIpc) is 2.89. The molecule has 19 heavy (non-hydrogen) atoms. The predicted molar refractivity (Wildman–Crippen MR) is 76.4 cm³/mol. The molecule has 1 aromatic heterocycles. The van der Waals surface area contributed by atoms with Crippen LogP contribution < -0.4 is 10.2 Å². The molecule has 1 fully saturated rings. The van der Waals surface area contributed by atoms with E-state index in [0.717, 1.165) is 31.3 Å². The lowest BCUT2D eigenvalue weighted by Crippen LogP contribution is -2.37. The zero-order valence-electron chi connectivity index (χ0n) is 12.4. The summed E-state index contributed by atoms with van der Waals surface area (Å²) in [5.41, 5.74) is 0. The van der Waals surface area contributed by atoms with Gasteiger partial charge in [0, 0.05) is 25.6 Å². The smallest absolute Gasteiger partial charge is 0.266 e. The van der Waals surface area contributed by atoms with Crippen molar-refractivity contribution in [2.24, 2.45) is 5.92 Å². The predicted octanol–water partition coefficient (Wildman–Crippen LogP) is 2.24. The van der Waals surface area contributed by atoms with E-state index in [4.69, 9.17) is 4.52 Å². The molecule has 0 aliphatic heterocycles. The lowest BCUT2D eigenvalue weighted by Gasteiger charge is -2.30.